The predicted octanol–water partition coefficient (Wildman–Crippen LogP) is 6.37. The van der Waals surface area contributed by atoms with E-state index in [9.17, 15) is 24.4 Å². The second-order valence-corrected chi connectivity index (χ2v) is 14.1. The van der Waals surface area contributed by atoms with Crippen molar-refractivity contribution in [2.24, 2.45) is 0 Å². The lowest BCUT2D eigenvalue weighted by molar-refractivity contribution is -0.142. The number of carbonyl (C=O) groups is 4. The van der Waals surface area contributed by atoms with E-state index in [4.69, 9.17) is 58.2 Å². The molecule has 2 aliphatic heterocycles. The molecule has 0 radical (unpaired) electrons. The second-order valence-electron chi connectivity index (χ2n) is 11.2. The first-order chi connectivity index (χ1) is 26.0. The molecule has 2 aliphatic rings. The molecule has 0 N–H and O–H groups in total. The van der Waals surface area contributed by atoms with E-state index in [0.29, 0.717) is 46.0 Å². The van der Waals surface area contributed by atoms with Gasteiger partial charge in [-0.25, -0.2) is 9.64 Å². The zero-order chi connectivity index (χ0) is 39.0. The van der Waals surface area contributed by atoms with Crippen LogP contribution in [0.1, 0.15) is 26.7 Å². The summed E-state index contributed by atoms with van der Waals surface area (Å²) in [4.78, 5) is 56.8. The molecular formula is C36H36Cl2N4O10S2. The van der Waals surface area contributed by atoms with Crippen molar-refractivity contribution in [1.29, 1.82) is 5.26 Å². The zero-order valence-electron chi connectivity index (χ0n) is 29.4. The number of esters is 4. The average Bonchev–Trinajstić information content (AvgIpc) is 3.66. The summed E-state index contributed by atoms with van der Waals surface area (Å²) in [6, 6.07) is 12.5. The summed E-state index contributed by atoms with van der Waals surface area (Å²) in [6.45, 7) is 11.6. The number of anilines is 2. The van der Waals surface area contributed by atoms with Crippen LogP contribution < -0.4 is 9.80 Å². The molecule has 0 saturated carbocycles. The van der Waals surface area contributed by atoms with Gasteiger partial charge in [-0.1, -0.05) is 46.7 Å². The normalized spacial score (nSPS) is 14.7. The molecule has 0 unspecified atom stereocenters. The quantitative estimate of drug-likeness (QED) is 0.0384. The molecule has 0 atom stereocenters. The molecule has 4 rings (SSSR count). The Morgan fingerprint density at radius 2 is 1.17 bits per heavy atom. The highest BCUT2D eigenvalue weighted by molar-refractivity contribution is 8.04. The van der Waals surface area contributed by atoms with E-state index in [1.54, 1.807) is 41.3 Å². The summed E-state index contributed by atoms with van der Waals surface area (Å²) in [6.07, 6.45) is 0.927. The molecule has 2 heterocycles. The largest absolute Gasteiger partial charge is 0.468 e. The lowest BCUT2D eigenvalue weighted by Gasteiger charge is -2.21. The molecule has 2 aromatic carbocycles. The molecular weight excluding hydrogens is 783 g/mol. The van der Waals surface area contributed by atoms with Crippen LogP contribution in [-0.2, 0) is 47.6 Å². The number of ether oxygens (including phenoxy) is 6. The first-order valence-corrected chi connectivity index (χ1v) is 18.9. The fourth-order valence-electron chi connectivity index (χ4n) is 5.02. The SMILES string of the molecule is [C-]#[N+]C(C(=O)OCCOCCOCCOC(=O)C(C#N)=C1Sc2cc(Cl)ccc2N1CCCOC(C)=O)=C1Sc2cc(Cl)ccc2N1CCCOC(C)=O. The minimum atomic E-state index is -0.812. The van der Waals surface area contributed by atoms with Crippen LogP contribution in [0.15, 0.2) is 67.5 Å². The third-order valence-corrected chi connectivity index (χ3v) is 10.1. The molecule has 0 saturated heterocycles. The second kappa shape index (κ2) is 21.5. The van der Waals surface area contributed by atoms with Gasteiger partial charge < -0.3 is 38.2 Å². The molecule has 18 heteroatoms. The summed E-state index contributed by atoms with van der Waals surface area (Å²) in [5, 5.41) is 11.7. The maximum absolute atomic E-state index is 12.9. The summed E-state index contributed by atoms with van der Waals surface area (Å²) < 4.78 is 31.6. The van der Waals surface area contributed by atoms with Crippen LogP contribution in [0.3, 0.4) is 0 Å². The van der Waals surface area contributed by atoms with Crippen molar-refractivity contribution in [2.75, 3.05) is 75.7 Å². The molecule has 0 aromatic heterocycles. The fraction of sp³-hybridized carbons (Fsp3) is 0.389. The van der Waals surface area contributed by atoms with Crippen LogP contribution in [-0.4, -0.2) is 89.8 Å². The number of carbonyl (C=O) groups excluding carboxylic acids is 4. The van der Waals surface area contributed by atoms with E-state index in [0.717, 1.165) is 21.2 Å². The van der Waals surface area contributed by atoms with Gasteiger partial charge in [0.1, 0.15) is 24.3 Å². The van der Waals surface area contributed by atoms with E-state index in [1.165, 1.54) is 37.4 Å². The first kappa shape index (κ1) is 42.3. The fourth-order valence-corrected chi connectivity index (χ4v) is 7.90. The van der Waals surface area contributed by atoms with Crippen molar-refractivity contribution >= 4 is 82.0 Å². The van der Waals surface area contributed by atoms with Gasteiger partial charge in [0.25, 0.3) is 5.70 Å². The number of nitrogens with zero attached hydrogens (tertiary/aromatic N) is 4. The minimum absolute atomic E-state index is 0.0395. The minimum Gasteiger partial charge on any atom is -0.468 e. The Morgan fingerprint density at radius 1 is 0.704 bits per heavy atom. The van der Waals surface area contributed by atoms with Gasteiger partial charge >= 0.3 is 23.9 Å². The first-order valence-electron chi connectivity index (χ1n) is 16.6. The lowest BCUT2D eigenvalue weighted by atomic mass is 10.2. The third-order valence-electron chi connectivity index (χ3n) is 7.32. The number of fused-ring (bicyclic) bond motifs is 2. The molecule has 0 spiro atoms. The Kier molecular flexibility index (Phi) is 16.8. The Balaban J connectivity index is 1.19. The molecule has 0 aliphatic carbocycles. The number of thioether (sulfide) groups is 2. The monoisotopic (exact) mass is 818 g/mol. The van der Waals surface area contributed by atoms with Crippen molar-refractivity contribution in [2.45, 2.75) is 36.5 Å². The summed E-state index contributed by atoms with van der Waals surface area (Å²) in [7, 11) is 0. The van der Waals surface area contributed by atoms with Gasteiger partial charge in [-0.05, 0) is 49.2 Å². The highest BCUT2D eigenvalue weighted by Crippen LogP contribution is 2.49. The van der Waals surface area contributed by atoms with E-state index >= 15 is 0 Å². The Morgan fingerprint density at radius 3 is 1.65 bits per heavy atom. The van der Waals surface area contributed by atoms with Crippen LogP contribution in [0.25, 0.3) is 4.85 Å². The lowest BCUT2D eigenvalue weighted by Crippen LogP contribution is -2.24. The molecule has 286 valence electrons. The molecule has 0 fully saturated rings. The van der Waals surface area contributed by atoms with Gasteiger partial charge in [0.15, 0.2) is 5.57 Å². The van der Waals surface area contributed by atoms with Crippen molar-refractivity contribution in [3.8, 4) is 6.07 Å². The van der Waals surface area contributed by atoms with Crippen LogP contribution in [0.5, 0.6) is 0 Å². The number of hydrogen-bond acceptors (Lipinski definition) is 15. The Hall–Kier alpha value is -4.42. The molecule has 0 amide bonds. The average molecular weight is 820 g/mol. The van der Waals surface area contributed by atoms with Crippen molar-refractivity contribution in [1.82, 2.24) is 0 Å². The maximum atomic E-state index is 12.9. The predicted molar refractivity (Wildman–Crippen MR) is 202 cm³/mol. The third kappa shape index (κ3) is 12.0. The van der Waals surface area contributed by atoms with Crippen LogP contribution in [0, 0.1) is 17.9 Å². The zero-order valence-corrected chi connectivity index (χ0v) is 32.5. The van der Waals surface area contributed by atoms with Crippen molar-refractivity contribution < 1.29 is 47.6 Å². The van der Waals surface area contributed by atoms with Gasteiger partial charge in [0, 0.05) is 46.8 Å². The highest BCUT2D eigenvalue weighted by Gasteiger charge is 2.33. The van der Waals surface area contributed by atoms with Gasteiger partial charge in [0.05, 0.1) is 62.6 Å². The molecule has 54 heavy (non-hydrogen) atoms. The smallest absolute Gasteiger partial charge is 0.351 e. The van der Waals surface area contributed by atoms with Gasteiger partial charge in [-0.15, -0.1) is 0 Å². The number of halogens is 2. The number of nitriles is 1. The molecule has 0 bridgehead atoms. The molecule has 2 aromatic rings. The van der Waals surface area contributed by atoms with Crippen LogP contribution in [0.4, 0.5) is 11.4 Å². The van der Waals surface area contributed by atoms with Crippen LogP contribution in [0.2, 0.25) is 10.0 Å². The molecule has 14 nitrogen and oxygen atoms in total. The van der Waals surface area contributed by atoms with E-state index < -0.39 is 23.9 Å². The van der Waals surface area contributed by atoms with E-state index in [2.05, 4.69) is 4.85 Å². The van der Waals surface area contributed by atoms with Gasteiger partial charge in [-0.2, -0.15) is 5.26 Å². The van der Waals surface area contributed by atoms with E-state index in [-0.39, 0.29) is 64.1 Å². The Bertz CT molecular complexity index is 1740. The maximum Gasteiger partial charge on any atom is 0.351 e. The standard InChI is InChI=1S/C36H36Cl2N4O10S2/c1-23(43)49-12-4-10-41-28-8-6-25(37)20-30(28)53-33(41)27(22-39)35(45)51-18-16-47-14-15-48-17-19-52-36(46)32(40-3)34-42(11-5-13-50-24(2)44)29-9-7-26(38)21-31(29)54-34/h6-9,20-21H,4-5,10-19H2,1-2H3. The van der Waals surface area contributed by atoms with Crippen molar-refractivity contribution in [3.63, 3.8) is 0 Å². The summed E-state index contributed by atoms with van der Waals surface area (Å²) in [5.74, 6) is -2.41. The van der Waals surface area contributed by atoms with Crippen LogP contribution >= 0.6 is 46.7 Å². The summed E-state index contributed by atoms with van der Waals surface area (Å²) in [5.41, 5.74) is 1.17. The van der Waals surface area contributed by atoms with E-state index in [1.807, 2.05) is 11.0 Å². The highest BCUT2D eigenvalue weighted by atomic mass is 35.5. The number of benzene rings is 2. The van der Waals surface area contributed by atoms with Gasteiger partial charge in [0.2, 0.25) is 0 Å². The Labute approximate surface area is 331 Å². The number of rotatable bonds is 19. The number of hydrogen-bond donors (Lipinski definition) is 0. The topological polar surface area (TPSA) is 158 Å². The summed E-state index contributed by atoms with van der Waals surface area (Å²) >= 11 is 14.8. The van der Waals surface area contributed by atoms with Gasteiger partial charge in [-0.3, -0.25) is 14.4 Å². The van der Waals surface area contributed by atoms with Crippen molar-refractivity contribution in [3.05, 3.63) is 79.2 Å².